The number of para-hydroxylation sites is 2. The third-order valence-electron chi connectivity index (χ3n) is 14.5. The molecule has 1 aromatic heterocycles. The van der Waals surface area contributed by atoms with Crippen molar-refractivity contribution in [3.8, 4) is 40.2 Å². The van der Waals surface area contributed by atoms with Gasteiger partial charge in [-0.15, -0.1) is 0 Å². The lowest BCUT2D eigenvalue weighted by molar-refractivity contribution is 0.435. The van der Waals surface area contributed by atoms with Crippen LogP contribution in [0.25, 0.3) is 27.5 Å². The fraction of sp³-hybridized carbons (Fsp3) is 0.276. The summed E-state index contributed by atoms with van der Waals surface area (Å²) in [4.78, 5) is 4.98. The van der Waals surface area contributed by atoms with Crippen molar-refractivity contribution in [2.45, 2.75) is 105 Å². The number of hydrogen-bond acceptors (Lipinski definition) is 6. The highest BCUT2D eigenvalue weighted by Gasteiger charge is 2.56. The lowest BCUT2D eigenvalue weighted by atomic mass is 9.84. The van der Waals surface area contributed by atoms with Gasteiger partial charge in [0.05, 0.1) is 56.1 Å². The van der Waals surface area contributed by atoms with E-state index in [-0.39, 0.29) is 21.7 Å². The molecule has 0 radical (unpaired) electrons. The number of rotatable bonds is 1. The SMILES string of the molecule is CC(C)(C)c1ccc2c(c1)Oc1c(C(C)(C)C)cc3c4c1N2c1cc(-n2c5ccccc5c5ccccc52)cc2c1P4(=S)c1c(cc(C(C)(C)C)c4c1N2c1ccc(C(C)(C)C)cc1O4)O3. The molecule has 8 aromatic rings. The second-order valence-electron chi connectivity index (χ2n) is 23.1. The van der Waals surface area contributed by atoms with E-state index in [9.17, 15) is 0 Å². The molecule has 0 fully saturated rings. The maximum Gasteiger partial charge on any atom is 0.156 e. The summed E-state index contributed by atoms with van der Waals surface area (Å²) in [5.41, 5.74) is 13.3. The van der Waals surface area contributed by atoms with Crippen molar-refractivity contribution in [3.05, 3.63) is 131 Å². The van der Waals surface area contributed by atoms with Gasteiger partial charge in [0, 0.05) is 27.2 Å². The molecule has 5 aliphatic rings. The van der Waals surface area contributed by atoms with Gasteiger partial charge in [-0.25, -0.2) is 0 Å². The summed E-state index contributed by atoms with van der Waals surface area (Å²) >= 11 is 7.62. The Morgan fingerprint density at radius 3 is 1.26 bits per heavy atom. The predicted molar refractivity (Wildman–Crippen MR) is 278 cm³/mol. The normalized spacial score (nSPS) is 15.8. The first-order valence-electron chi connectivity index (χ1n) is 23.3. The maximum absolute atomic E-state index is 7.62. The summed E-state index contributed by atoms with van der Waals surface area (Å²) in [6.45, 7) is 27.2. The number of ether oxygens (including phenoxy) is 3. The molecule has 0 amide bonds. The van der Waals surface area contributed by atoms with E-state index in [0.29, 0.717) is 0 Å². The Morgan fingerprint density at radius 2 is 0.848 bits per heavy atom. The Hall–Kier alpha value is -6.01. The van der Waals surface area contributed by atoms with Crippen LogP contribution in [-0.4, -0.2) is 4.57 Å². The van der Waals surface area contributed by atoms with Gasteiger partial charge in [0.15, 0.2) is 23.0 Å². The Morgan fingerprint density at radius 1 is 0.424 bits per heavy atom. The van der Waals surface area contributed by atoms with E-state index in [2.05, 4.69) is 207 Å². The Bertz CT molecular complexity index is 3380. The third kappa shape index (κ3) is 5.11. The number of fused-ring (bicyclic) bond motifs is 9. The zero-order valence-electron chi connectivity index (χ0n) is 39.8. The number of benzene rings is 7. The maximum atomic E-state index is 7.62. The van der Waals surface area contributed by atoms with Gasteiger partial charge in [-0.05, 0) is 93.5 Å². The third-order valence-corrected chi connectivity index (χ3v) is 19.4. The van der Waals surface area contributed by atoms with Crippen molar-refractivity contribution < 1.29 is 14.2 Å². The van der Waals surface area contributed by atoms with E-state index < -0.39 is 6.04 Å². The first-order chi connectivity index (χ1) is 31.1. The number of hydrogen-bond donors (Lipinski definition) is 0. The molecule has 0 N–H and O–H groups in total. The van der Waals surface area contributed by atoms with Crippen LogP contribution in [0, 0.1) is 0 Å². The van der Waals surface area contributed by atoms with Crippen molar-refractivity contribution in [3.63, 3.8) is 0 Å². The van der Waals surface area contributed by atoms with Gasteiger partial charge < -0.3 is 28.6 Å². The lowest BCUT2D eigenvalue weighted by Gasteiger charge is -2.52. The van der Waals surface area contributed by atoms with Crippen molar-refractivity contribution in [2.24, 2.45) is 0 Å². The van der Waals surface area contributed by atoms with E-state index in [1.807, 2.05) is 0 Å². The molecule has 13 rings (SSSR count). The highest BCUT2D eigenvalue weighted by atomic mass is 32.4. The fourth-order valence-electron chi connectivity index (χ4n) is 11.2. The zero-order valence-corrected chi connectivity index (χ0v) is 41.5. The summed E-state index contributed by atoms with van der Waals surface area (Å²) in [5.74, 6) is 5.02. The Kier molecular flexibility index (Phi) is 7.63. The van der Waals surface area contributed by atoms with Crippen molar-refractivity contribution in [1.82, 2.24) is 4.57 Å². The van der Waals surface area contributed by atoms with E-state index in [4.69, 9.17) is 26.0 Å². The average molecular weight is 904 g/mol. The first kappa shape index (κ1) is 40.3. The molecule has 0 spiro atoms. The standard InChI is InChI=1S/C58H54N3O3PS/c1-55(2,3)31-21-23-40-44(25-31)63-50-36(57(7,8)9)29-46-53-48(50)60(40)42-27-33(59-38-19-15-13-17-34(38)35-18-14-16-20-39(35)59)28-43-52(42)65(53,66)54-47(62-46)30-37(58(10,11)12)51-49(54)61(43)41-24-22-32(56(4,5)6)26-45(41)64-51/h13-30H,1-12H3. The van der Waals surface area contributed by atoms with Crippen LogP contribution in [0.4, 0.5) is 34.1 Å². The molecule has 0 aliphatic carbocycles. The molecular weight excluding hydrogens is 850 g/mol. The highest BCUT2D eigenvalue weighted by molar-refractivity contribution is 8.26. The summed E-state index contributed by atoms with van der Waals surface area (Å²) in [6.07, 6.45) is 0. The number of anilines is 6. The molecule has 0 atom stereocenters. The average Bonchev–Trinajstić information content (AvgIpc) is 3.59. The Balaban J connectivity index is 1.24. The molecular formula is C58H54N3O3PS. The summed E-state index contributed by atoms with van der Waals surface area (Å²) in [5, 5.41) is 5.70. The second kappa shape index (κ2) is 12.5. The molecule has 6 heterocycles. The molecule has 8 heteroatoms. The molecule has 0 saturated heterocycles. The minimum Gasteiger partial charge on any atom is -0.456 e. The van der Waals surface area contributed by atoms with Crippen LogP contribution >= 0.6 is 6.04 Å². The van der Waals surface area contributed by atoms with Gasteiger partial charge in [-0.1, -0.05) is 143 Å². The lowest BCUT2D eigenvalue weighted by Crippen LogP contribution is -2.47. The molecule has 0 unspecified atom stereocenters. The zero-order chi connectivity index (χ0) is 45.9. The highest BCUT2D eigenvalue weighted by Crippen LogP contribution is 2.72. The minimum atomic E-state index is -2.95. The van der Waals surface area contributed by atoms with Crippen LogP contribution < -0.4 is 39.9 Å². The quantitative estimate of drug-likeness (QED) is 0.153. The van der Waals surface area contributed by atoms with E-state index in [1.165, 1.54) is 21.9 Å². The van der Waals surface area contributed by atoms with Crippen LogP contribution in [0.3, 0.4) is 0 Å². The van der Waals surface area contributed by atoms with Crippen LogP contribution in [0.1, 0.15) is 105 Å². The van der Waals surface area contributed by atoms with Gasteiger partial charge in [-0.3, -0.25) is 0 Å². The minimum absolute atomic E-state index is 0.0889. The first-order valence-corrected chi connectivity index (χ1v) is 26.1. The molecule has 0 bridgehead atoms. The summed E-state index contributed by atoms with van der Waals surface area (Å²) < 4.78 is 24.6. The van der Waals surface area contributed by atoms with Gasteiger partial charge in [0.1, 0.15) is 22.9 Å². The number of nitrogens with zero attached hydrogens (tertiary/aromatic N) is 3. The van der Waals surface area contributed by atoms with Crippen LogP contribution in [0.15, 0.2) is 109 Å². The van der Waals surface area contributed by atoms with Crippen LogP contribution in [0.2, 0.25) is 0 Å². The summed E-state index contributed by atoms with van der Waals surface area (Å²) in [7, 11) is 0. The molecule has 5 aliphatic heterocycles. The molecule has 7 aromatic carbocycles. The monoisotopic (exact) mass is 903 g/mol. The molecule has 6 nitrogen and oxygen atoms in total. The molecule has 0 saturated carbocycles. The Labute approximate surface area is 392 Å². The van der Waals surface area contributed by atoms with E-state index >= 15 is 0 Å². The molecule has 330 valence electrons. The topological polar surface area (TPSA) is 39.1 Å². The van der Waals surface area contributed by atoms with Gasteiger partial charge in [0.25, 0.3) is 0 Å². The van der Waals surface area contributed by atoms with Crippen LogP contribution in [-0.2, 0) is 33.5 Å². The van der Waals surface area contributed by atoms with Crippen molar-refractivity contribution in [2.75, 3.05) is 9.80 Å². The van der Waals surface area contributed by atoms with Crippen molar-refractivity contribution in [1.29, 1.82) is 0 Å². The molecule has 66 heavy (non-hydrogen) atoms. The largest absolute Gasteiger partial charge is 0.456 e. The van der Waals surface area contributed by atoms with E-state index in [0.717, 1.165) is 112 Å². The van der Waals surface area contributed by atoms with Gasteiger partial charge in [0.2, 0.25) is 0 Å². The fourth-order valence-corrected chi connectivity index (χ4v) is 16.3. The smallest absolute Gasteiger partial charge is 0.156 e. The second-order valence-corrected chi connectivity index (χ2v) is 27.3. The van der Waals surface area contributed by atoms with Crippen LogP contribution in [0.5, 0.6) is 34.5 Å². The summed E-state index contributed by atoms with van der Waals surface area (Å²) in [6, 6.07) is 37.6. The predicted octanol–water partition coefficient (Wildman–Crippen LogP) is 15.6. The van der Waals surface area contributed by atoms with Gasteiger partial charge >= 0.3 is 0 Å². The van der Waals surface area contributed by atoms with Gasteiger partial charge in [-0.2, -0.15) is 0 Å². The van der Waals surface area contributed by atoms with Crippen molar-refractivity contribution >= 4 is 89.7 Å². The number of aromatic nitrogens is 1. The van der Waals surface area contributed by atoms with E-state index in [1.54, 1.807) is 0 Å².